The molecule has 164 valence electrons. The molecule has 0 aromatic carbocycles. The predicted octanol–water partition coefficient (Wildman–Crippen LogP) is 3.33. The Kier molecular flexibility index (Phi) is 9.46. The minimum absolute atomic E-state index is 0. The normalized spacial score (nSPS) is 19.5. The van der Waals surface area contributed by atoms with Crippen molar-refractivity contribution >= 4 is 35.8 Å². The van der Waals surface area contributed by atoms with Gasteiger partial charge in [-0.15, -0.1) is 24.0 Å². The molecule has 1 saturated heterocycles. The van der Waals surface area contributed by atoms with Gasteiger partial charge in [-0.25, -0.2) is 4.98 Å². The zero-order valence-electron chi connectivity index (χ0n) is 18.6. The molecule has 1 saturated carbocycles. The van der Waals surface area contributed by atoms with E-state index in [1.165, 1.54) is 31.2 Å². The third-order valence-corrected chi connectivity index (χ3v) is 6.21. The number of piperazine rings is 1. The fourth-order valence-electron chi connectivity index (χ4n) is 4.42. The van der Waals surface area contributed by atoms with E-state index >= 15 is 0 Å². The number of halogens is 1. The smallest absolute Gasteiger partial charge is 0.191 e. The first-order chi connectivity index (χ1) is 13.5. The Hall–Kier alpha value is -1.09. The van der Waals surface area contributed by atoms with Crippen molar-refractivity contribution in [1.29, 1.82) is 0 Å². The molecule has 2 N–H and O–H groups in total. The molecule has 6 nitrogen and oxygen atoms in total. The second-order valence-electron chi connectivity index (χ2n) is 9.05. The molecule has 1 aliphatic heterocycles. The highest BCUT2D eigenvalue weighted by molar-refractivity contribution is 14.0. The number of pyridine rings is 1. The summed E-state index contributed by atoms with van der Waals surface area (Å²) in [5.41, 5.74) is 1.65. The van der Waals surface area contributed by atoms with Crippen LogP contribution in [0.25, 0.3) is 0 Å². The van der Waals surface area contributed by atoms with Crippen molar-refractivity contribution in [2.75, 3.05) is 51.7 Å². The topological polar surface area (TPSA) is 55.8 Å². The Labute approximate surface area is 194 Å². The van der Waals surface area contributed by atoms with Crippen LogP contribution in [0.2, 0.25) is 0 Å². The van der Waals surface area contributed by atoms with Gasteiger partial charge >= 0.3 is 0 Å². The number of nitrogens with zero attached hydrogens (tertiary/aromatic N) is 4. The molecule has 0 amide bonds. The molecule has 0 spiro atoms. The monoisotopic (exact) mass is 514 g/mol. The molecule has 2 heterocycles. The van der Waals surface area contributed by atoms with Crippen LogP contribution in [0.5, 0.6) is 0 Å². The third kappa shape index (κ3) is 6.98. The van der Waals surface area contributed by atoms with E-state index in [4.69, 9.17) is 0 Å². The summed E-state index contributed by atoms with van der Waals surface area (Å²) in [6.07, 6.45) is 7.33. The van der Waals surface area contributed by atoms with E-state index in [2.05, 4.69) is 63.4 Å². The van der Waals surface area contributed by atoms with Crippen molar-refractivity contribution in [3.8, 4) is 0 Å². The maximum atomic E-state index is 4.68. The van der Waals surface area contributed by atoms with Crippen LogP contribution in [0, 0.1) is 11.3 Å². The minimum Gasteiger partial charge on any atom is -0.356 e. The van der Waals surface area contributed by atoms with Crippen molar-refractivity contribution in [3.05, 3.63) is 23.9 Å². The van der Waals surface area contributed by atoms with Gasteiger partial charge in [0.1, 0.15) is 5.82 Å². The van der Waals surface area contributed by atoms with Gasteiger partial charge in [-0.05, 0) is 49.3 Å². The summed E-state index contributed by atoms with van der Waals surface area (Å²) in [6, 6.07) is 4.32. The maximum absolute atomic E-state index is 4.68. The molecule has 2 aliphatic rings. The molecule has 29 heavy (non-hydrogen) atoms. The van der Waals surface area contributed by atoms with Crippen LogP contribution in [-0.4, -0.2) is 62.7 Å². The van der Waals surface area contributed by atoms with Crippen LogP contribution >= 0.6 is 24.0 Å². The maximum Gasteiger partial charge on any atom is 0.191 e. The number of nitrogens with one attached hydrogen (secondary N) is 2. The third-order valence-electron chi connectivity index (χ3n) is 6.21. The predicted molar refractivity (Wildman–Crippen MR) is 133 cm³/mol. The van der Waals surface area contributed by atoms with Crippen LogP contribution in [0.4, 0.5) is 5.82 Å². The summed E-state index contributed by atoms with van der Waals surface area (Å²) in [4.78, 5) is 13.8. The summed E-state index contributed by atoms with van der Waals surface area (Å²) in [5, 5.41) is 7.00. The van der Waals surface area contributed by atoms with Gasteiger partial charge in [-0.3, -0.25) is 4.99 Å². The van der Waals surface area contributed by atoms with Crippen molar-refractivity contribution in [2.24, 2.45) is 16.3 Å². The Morgan fingerprint density at radius 1 is 1.17 bits per heavy atom. The van der Waals surface area contributed by atoms with E-state index in [0.717, 1.165) is 57.0 Å². The zero-order chi connectivity index (χ0) is 20.0. The van der Waals surface area contributed by atoms with Crippen LogP contribution in [0.1, 0.15) is 45.1 Å². The largest absolute Gasteiger partial charge is 0.356 e. The Balaban J connectivity index is 0.00000300. The first kappa shape index (κ1) is 24.2. The van der Waals surface area contributed by atoms with Gasteiger partial charge in [0.15, 0.2) is 5.96 Å². The van der Waals surface area contributed by atoms with Crippen molar-refractivity contribution in [2.45, 2.75) is 46.1 Å². The van der Waals surface area contributed by atoms with Crippen LogP contribution < -0.4 is 15.5 Å². The van der Waals surface area contributed by atoms with E-state index in [-0.39, 0.29) is 24.0 Å². The highest BCUT2D eigenvalue weighted by atomic mass is 127. The van der Waals surface area contributed by atoms with Gasteiger partial charge in [0.25, 0.3) is 0 Å². The van der Waals surface area contributed by atoms with Gasteiger partial charge in [-0.2, -0.15) is 0 Å². The summed E-state index contributed by atoms with van der Waals surface area (Å²) in [5.74, 6) is 2.72. The van der Waals surface area contributed by atoms with Gasteiger partial charge in [0.05, 0.1) is 0 Å². The highest BCUT2D eigenvalue weighted by Gasteiger charge is 2.37. The van der Waals surface area contributed by atoms with E-state index in [1.807, 2.05) is 13.2 Å². The second kappa shape index (κ2) is 11.3. The Morgan fingerprint density at radius 2 is 1.90 bits per heavy atom. The van der Waals surface area contributed by atoms with Crippen molar-refractivity contribution in [1.82, 2.24) is 20.5 Å². The number of aliphatic imine (C=N–C) groups is 1. The molecule has 3 rings (SSSR count). The van der Waals surface area contributed by atoms with Crippen molar-refractivity contribution in [3.63, 3.8) is 0 Å². The Bertz CT molecular complexity index is 633. The molecule has 2 fully saturated rings. The number of hydrogen-bond acceptors (Lipinski definition) is 4. The molecular formula is C22H39IN6. The van der Waals surface area contributed by atoms with E-state index in [1.54, 1.807) is 0 Å². The number of hydrogen-bond donors (Lipinski definition) is 2. The van der Waals surface area contributed by atoms with Crippen LogP contribution in [0.3, 0.4) is 0 Å². The molecule has 0 atom stereocenters. The first-order valence-corrected chi connectivity index (χ1v) is 10.8. The standard InChI is InChI=1S/C22H38N6.HI/c1-18(2)14-22(8-5-9-22)17-26-21(23-3)25-16-19-6-7-20(24-15-19)28-12-10-27(4)11-13-28;/h6-7,15,18H,5,8-14,16-17H2,1-4H3,(H2,23,25,26);1H. The number of guanidine groups is 1. The first-order valence-electron chi connectivity index (χ1n) is 10.8. The van der Waals surface area contributed by atoms with Gasteiger partial charge in [0.2, 0.25) is 0 Å². The zero-order valence-corrected chi connectivity index (χ0v) is 20.9. The molecule has 0 bridgehead atoms. The minimum atomic E-state index is 0. The molecule has 1 aliphatic carbocycles. The lowest BCUT2D eigenvalue weighted by atomic mass is 9.64. The summed E-state index contributed by atoms with van der Waals surface area (Å²) < 4.78 is 0. The summed E-state index contributed by atoms with van der Waals surface area (Å²) in [7, 11) is 4.02. The van der Waals surface area contributed by atoms with E-state index in [9.17, 15) is 0 Å². The van der Waals surface area contributed by atoms with Crippen LogP contribution in [-0.2, 0) is 6.54 Å². The van der Waals surface area contributed by atoms with Gasteiger partial charge in [0, 0.05) is 52.5 Å². The number of anilines is 1. The number of rotatable bonds is 7. The fourth-order valence-corrected chi connectivity index (χ4v) is 4.42. The average molecular weight is 515 g/mol. The van der Waals surface area contributed by atoms with Gasteiger partial charge < -0.3 is 20.4 Å². The van der Waals surface area contributed by atoms with Crippen molar-refractivity contribution < 1.29 is 0 Å². The fraction of sp³-hybridized carbons (Fsp3) is 0.727. The molecule has 0 unspecified atom stereocenters. The SMILES string of the molecule is CN=C(NCc1ccc(N2CCN(C)CC2)nc1)NCC1(CC(C)C)CCC1.I. The van der Waals surface area contributed by atoms with E-state index < -0.39 is 0 Å². The molecule has 1 aromatic heterocycles. The quantitative estimate of drug-likeness (QED) is 0.332. The molecule has 7 heteroatoms. The lowest BCUT2D eigenvalue weighted by molar-refractivity contribution is 0.104. The lowest BCUT2D eigenvalue weighted by Crippen LogP contribution is -2.46. The number of likely N-dealkylation sites (N-methyl/N-ethyl adjacent to an activating group) is 1. The molecular weight excluding hydrogens is 475 g/mol. The molecule has 1 aromatic rings. The average Bonchev–Trinajstić information content (AvgIpc) is 2.66. The lowest BCUT2D eigenvalue weighted by Gasteiger charge is -2.43. The Morgan fingerprint density at radius 3 is 2.41 bits per heavy atom. The number of aromatic nitrogens is 1. The van der Waals surface area contributed by atoms with E-state index in [0.29, 0.717) is 5.41 Å². The second-order valence-corrected chi connectivity index (χ2v) is 9.05. The summed E-state index contributed by atoms with van der Waals surface area (Å²) in [6.45, 7) is 10.7. The van der Waals surface area contributed by atoms with Gasteiger partial charge in [-0.1, -0.05) is 26.3 Å². The molecule has 0 radical (unpaired) electrons. The highest BCUT2D eigenvalue weighted by Crippen LogP contribution is 2.45. The summed E-state index contributed by atoms with van der Waals surface area (Å²) >= 11 is 0. The van der Waals surface area contributed by atoms with Crippen LogP contribution in [0.15, 0.2) is 23.3 Å².